The normalized spacial score (nSPS) is 31.7. The lowest BCUT2D eigenvalue weighted by Gasteiger charge is -2.43. The number of carbonyl (C=O) groups is 2. The maximum Gasteiger partial charge on any atom is 0.308 e. The van der Waals surface area contributed by atoms with Gasteiger partial charge in [0, 0.05) is 12.3 Å². The number of aliphatic hydroxyl groups excluding tert-OH is 1. The summed E-state index contributed by atoms with van der Waals surface area (Å²) < 4.78 is 11.5. The molecule has 37 heavy (non-hydrogen) atoms. The first kappa shape index (κ1) is 29.1. The maximum atomic E-state index is 12.5. The van der Waals surface area contributed by atoms with Gasteiger partial charge in [0.1, 0.15) is 12.2 Å². The van der Waals surface area contributed by atoms with Crippen LogP contribution in [0.2, 0.25) is 0 Å². The van der Waals surface area contributed by atoms with Crippen molar-refractivity contribution in [3.8, 4) is 0 Å². The Labute approximate surface area is 222 Å². The van der Waals surface area contributed by atoms with Gasteiger partial charge in [0.05, 0.1) is 18.4 Å². The van der Waals surface area contributed by atoms with Crippen molar-refractivity contribution in [2.75, 3.05) is 0 Å². The molecule has 0 amide bonds. The molecule has 1 aromatic carbocycles. The average molecular weight is 511 g/mol. The highest BCUT2D eigenvalue weighted by Gasteiger charge is 2.42. The Morgan fingerprint density at radius 2 is 1.92 bits per heavy atom. The van der Waals surface area contributed by atoms with Crippen LogP contribution in [0.15, 0.2) is 54.1 Å². The van der Waals surface area contributed by atoms with Crippen LogP contribution < -0.4 is 0 Å². The Bertz CT molecular complexity index is 942. The van der Waals surface area contributed by atoms with E-state index in [1.807, 2.05) is 44.2 Å². The van der Waals surface area contributed by atoms with E-state index in [0.29, 0.717) is 30.7 Å². The van der Waals surface area contributed by atoms with Crippen LogP contribution in [-0.2, 0) is 25.6 Å². The van der Waals surface area contributed by atoms with Gasteiger partial charge < -0.3 is 20.3 Å². The molecule has 1 heterocycles. The molecule has 1 fully saturated rings. The Morgan fingerprint density at radius 3 is 2.54 bits per heavy atom. The number of hydrogen-bond acceptors (Lipinski definition) is 5. The van der Waals surface area contributed by atoms with Crippen molar-refractivity contribution in [1.29, 1.82) is 0 Å². The molecule has 4 rings (SSSR count). The van der Waals surface area contributed by atoms with Crippen LogP contribution in [0.5, 0.6) is 0 Å². The molecule has 8 atom stereocenters. The zero-order valence-corrected chi connectivity index (χ0v) is 22.8. The van der Waals surface area contributed by atoms with Gasteiger partial charge in [-0.3, -0.25) is 9.59 Å². The standard InChI is InChI=1S/C24H36O5.C7H8N/c1-5-15(3)24(27)29-21-11-14(2)10-17-7-6-16(4)20(23(17)21)9-8-19-12-18(25)13-22(26)28-19;8-6-7-4-2-1-3-5-7/h6-7,10,14-16,18-21,23,25H,5,8-9,11-13H2,1-4H3;1-5,8H,6H2/q;-1/t14-,15-,16-,18+,19+,20-,21-,23-;/m0./s1. The number of benzene rings is 1. The zero-order valence-electron chi connectivity index (χ0n) is 22.8. The van der Waals surface area contributed by atoms with Crippen LogP contribution in [0.25, 0.3) is 5.73 Å². The summed E-state index contributed by atoms with van der Waals surface area (Å²) in [6, 6.07) is 9.76. The molecule has 1 aromatic rings. The Balaban J connectivity index is 0.000000405. The SMILES string of the molecule is CC[C@H](C)C(=O)O[C@H]1C[C@@H](C)C=C2C=C[C@H](C)[C@H](CC[C@@H]3C[C@@H](O)CC(=O)O3)[C@H]21.[NH-]Cc1ccccc1. The minimum atomic E-state index is -0.597. The predicted molar refractivity (Wildman–Crippen MR) is 145 cm³/mol. The summed E-state index contributed by atoms with van der Waals surface area (Å²) in [6.07, 6.45) is 9.70. The van der Waals surface area contributed by atoms with Gasteiger partial charge >= 0.3 is 11.9 Å². The molecule has 0 saturated carbocycles. The number of rotatable bonds is 7. The first-order chi connectivity index (χ1) is 17.7. The van der Waals surface area contributed by atoms with Crippen LogP contribution in [0.1, 0.15) is 71.8 Å². The third-order valence-corrected chi connectivity index (χ3v) is 7.98. The molecule has 0 radical (unpaired) electrons. The van der Waals surface area contributed by atoms with Crippen LogP contribution in [-0.4, -0.2) is 35.4 Å². The van der Waals surface area contributed by atoms with E-state index >= 15 is 0 Å². The molecule has 0 unspecified atom stereocenters. The molecule has 1 aliphatic heterocycles. The summed E-state index contributed by atoms with van der Waals surface area (Å²) in [5, 5.41) is 9.89. The van der Waals surface area contributed by atoms with Crippen molar-refractivity contribution >= 4 is 11.9 Å². The summed E-state index contributed by atoms with van der Waals surface area (Å²) in [6.45, 7) is 8.72. The Morgan fingerprint density at radius 1 is 1.19 bits per heavy atom. The lowest BCUT2D eigenvalue weighted by Crippen LogP contribution is -2.42. The summed E-state index contributed by atoms with van der Waals surface area (Å²) in [4.78, 5) is 24.2. The van der Waals surface area contributed by atoms with E-state index in [2.05, 4.69) is 32.1 Å². The van der Waals surface area contributed by atoms with E-state index in [1.54, 1.807) is 0 Å². The molecule has 204 valence electrons. The first-order valence-electron chi connectivity index (χ1n) is 13.9. The fraction of sp³-hybridized carbons (Fsp3) is 0.613. The third-order valence-electron chi connectivity index (χ3n) is 7.98. The molecule has 0 bridgehead atoms. The van der Waals surface area contributed by atoms with Crippen molar-refractivity contribution in [2.45, 2.75) is 91.1 Å². The van der Waals surface area contributed by atoms with E-state index in [1.165, 1.54) is 5.57 Å². The summed E-state index contributed by atoms with van der Waals surface area (Å²) in [5.74, 6) is 0.755. The van der Waals surface area contributed by atoms with Crippen molar-refractivity contribution in [3.05, 3.63) is 65.4 Å². The molecule has 0 spiro atoms. The van der Waals surface area contributed by atoms with Crippen LogP contribution >= 0.6 is 0 Å². The van der Waals surface area contributed by atoms with E-state index < -0.39 is 6.10 Å². The number of ether oxygens (including phenoxy) is 2. The minimum Gasteiger partial charge on any atom is -0.674 e. The van der Waals surface area contributed by atoms with Gasteiger partial charge in [-0.1, -0.05) is 81.8 Å². The quantitative estimate of drug-likeness (QED) is 0.426. The molecule has 6 heteroatoms. The van der Waals surface area contributed by atoms with Crippen LogP contribution in [0, 0.1) is 29.6 Å². The molecule has 2 aliphatic carbocycles. The third kappa shape index (κ3) is 8.27. The number of allylic oxidation sites excluding steroid dienone is 3. The van der Waals surface area contributed by atoms with Crippen molar-refractivity contribution in [2.24, 2.45) is 29.6 Å². The largest absolute Gasteiger partial charge is 0.674 e. The van der Waals surface area contributed by atoms with Crippen molar-refractivity contribution in [3.63, 3.8) is 0 Å². The number of hydrogen-bond donors (Lipinski definition) is 1. The van der Waals surface area contributed by atoms with Gasteiger partial charge in [0.25, 0.3) is 0 Å². The van der Waals surface area contributed by atoms with Gasteiger partial charge in [-0.25, -0.2) is 0 Å². The topological polar surface area (TPSA) is 96.6 Å². The van der Waals surface area contributed by atoms with Gasteiger partial charge in [-0.15, -0.1) is 6.54 Å². The van der Waals surface area contributed by atoms with Gasteiger partial charge in [0.2, 0.25) is 0 Å². The minimum absolute atomic E-state index is 0.0854. The zero-order chi connectivity index (χ0) is 26.9. The van der Waals surface area contributed by atoms with Crippen LogP contribution in [0.4, 0.5) is 0 Å². The number of carbonyl (C=O) groups excluding carboxylic acids is 2. The molecule has 0 aromatic heterocycles. The lowest BCUT2D eigenvalue weighted by molar-refractivity contribution is -0.162. The number of fused-ring (bicyclic) bond motifs is 1. The predicted octanol–water partition coefficient (Wildman–Crippen LogP) is 6.43. The monoisotopic (exact) mass is 510 g/mol. The van der Waals surface area contributed by atoms with Crippen LogP contribution in [0.3, 0.4) is 0 Å². The number of aliphatic hydroxyl groups is 1. The second-order valence-corrected chi connectivity index (χ2v) is 11.0. The highest BCUT2D eigenvalue weighted by Crippen LogP contribution is 2.45. The Kier molecular flexibility index (Phi) is 11.0. The van der Waals surface area contributed by atoms with Gasteiger partial charge in [-0.2, -0.15) is 0 Å². The van der Waals surface area contributed by atoms with E-state index in [-0.39, 0.29) is 42.4 Å². The lowest BCUT2D eigenvalue weighted by atomic mass is 9.65. The first-order valence-corrected chi connectivity index (χ1v) is 13.9. The summed E-state index contributed by atoms with van der Waals surface area (Å²) in [5.41, 5.74) is 9.29. The van der Waals surface area contributed by atoms with Gasteiger partial charge in [-0.05, 0) is 49.0 Å². The molecular formula is C31H44NO5-. The second-order valence-electron chi connectivity index (χ2n) is 11.0. The number of cyclic esters (lactones) is 1. The molecule has 1 saturated heterocycles. The highest BCUT2D eigenvalue weighted by atomic mass is 16.5. The fourth-order valence-corrected chi connectivity index (χ4v) is 5.67. The molecule has 6 nitrogen and oxygen atoms in total. The average Bonchev–Trinajstić information content (AvgIpc) is 2.88. The van der Waals surface area contributed by atoms with Gasteiger partial charge in [0.15, 0.2) is 0 Å². The van der Waals surface area contributed by atoms with E-state index in [0.717, 1.165) is 31.2 Å². The maximum absolute atomic E-state index is 12.5. The highest BCUT2D eigenvalue weighted by molar-refractivity contribution is 5.72. The molecular weight excluding hydrogens is 466 g/mol. The fourth-order valence-electron chi connectivity index (χ4n) is 5.67. The summed E-state index contributed by atoms with van der Waals surface area (Å²) >= 11 is 0. The summed E-state index contributed by atoms with van der Waals surface area (Å²) in [7, 11) is 0. The van der Waals surface area contributed by atoms with Crippen molar-refractivity contribution < 1.29 is 24.2 Å². The Hall–Kier alpha value is -2.44. The smallest absolute Gasteiger partial charge is 0.308 e. The van der Waals surface area contributed by atoms with Crippen molar-refractivity contribution in [1.82, 2.24) is 0 Å². The van der Waals surface area contributed by atoms with E-state index in [4.69, 9.17) is 15.2 Å². The molecule has 3 aliphatic rings. The number of nitrogens with one attached hydrogen (secondary N) is 1. The molecule has 2 N–H and O–H groups in total. The second kappa shape index (κ2) is 13.9. The van der Waals surface area contributed by atoms with E-state index in [9.17, 15) is 14.7 Å². The number of esters is 2.